The molecule has 3 amide bonds. The van der Waals surface area contributed by atoms with Crippen molar-refractivity contribution in [3.05, 3.63) is 107 Å². The lowest BCUT2D eigenvalue weighted by atomic mass is 9.78. The molecule has 7 heterocycles. The number of rotatable bonds is 39. The summed E-state index contributed by atoms with van der Waals surface area (Å²) in [5.74, 6) is -7.47. The van der Waals surface area contributed by atoms with Gasteiger partial charge in [0.05, 0.1) is 160 Å². The van der Waals surface area contributed by atoms with Gasteiger partial charge in [0.15, 0.2) is 17.8 Å². The van der Waals surface area contributed by atoms with E-state index in [2.05, 4.69) is 43.6 Å². The molecular weight excluding hydrogens is 1670 g/mol. The molecule has 5 aromatic rings. The molecule has 16 atom stereocenters. The molecule has 0 unspecified atom stereocenters. The Hall–Kier alpha value is -8.60. The third-order valence-electron chi connectivity index (χ3n) is 24.9. The number of hydrogen-bond donors (Lipinski definition) is 7. The second-order valence-electron chi connectivity index (χ2n) is 34.5. The lowest BCUT2D eigenvalue weighted by Gasteiger charge is -2.43. The summed E-state index contributed by atoms with van der Waals surface area (Å²) in [7, 11) is 4.60. The number of amides is 3. The highest BCUT2D eigenvalue weighted by molar-refractivity contribution is 6.39. The minimum atomic E-state index is -2.46. The Kier molecular flexibility index (Phi) is 41.8. The lowest BCUT2D eigenvalue weighted by molar-refractivity contribution is -0.265. The number of oxime groups is 1. The summed E-state index contributed by atoms with van der Waals surface area (Å²) in [6.07, 6.45) is 12.7. The van der Waals surface area contributed by atoms with E-state index < -0.39 is 96.6 Å². The van der Waals surface area contributed by atoms with Gasteiger partial charge in [-0.2, -0.15) is 10.1 Å². The Bertz CT molecular complexity index is 4520. The molecular formula is C94H139N11O24. The quantitative estimate of drug-likeness (QED) is 0.00641. The molecule has 714 valence electrons. The number of oxazole rings is 1. The highest BCUT2D eigenvalue weighted by atomic mass is 16.6. The van der Waals surface area contributed by atoms with Crippen LogP contribution in [0.4, 0.5) is 11.8 Å². The number of aliphatic hydroxyl groups excluding tert-OH is 3. The average molecular weight is 1810 g/mol. The van der Waals surface area contributed by atoms with Crippen molar-refractivity contribution in [1.82, 2.24) is 39.8 Å². The number of carbonyl (C=O) groups is 5. The molecule has 129 heavy (non-hydrogen) atoms. The number of nitrogens with two attached hydrogens (primary N) is 2. The Balaban J connectivity index is 0.580. The van der Waals surface area contributed by atoms with Gasteiger partial charge in [-0.25, -0.2) is 19.4 Å². The van der Waals surface area contributed by atoms with Gasteiger partial charge in [0.25, 0.3) is 23.6 Å². The number of anilines is 2. The smallest absolute Gasteiger partial charge is 0.329 e. The van der Waals surface area contributed by atoms with Gasteiger partial charge in [-0.3, -0.25) is 19.2 Å². The second kappa shape index (κ2) is 52.6. The standard InChI is InChI=1S/C94H139N11O24/c1-60-16-12-11-13-17-61(2)78(115-8)54-72-24-19-66(7)94(114,129-72)88(111)91(112)104-30-15-14-18-74(104)92(113)127-79(63(4)50-67-21-25-75(106)80(52-67)116-9)55-76(107)62(3)49-65(6)86(110)87(117-10)84(64(5)48-60)102-126-58-81(108)97-29-33-119-35-37-121-39-41-123-43-45-125-47-46-124-44-42-122-40-38-120-36-34-118-32-28-82(109)103-31-27-69-51-68(20-22-71(69)57-103)56-105-90-83(89(95)98-59-99-90)85(101-105)70-23-26-77-73(53-70)100-93(96)128-77/h11-13,16-17,20,22-23,26,49,51,53,59-60,62-64,66-67,72,74-76,78-80,86-87,106-107,110,114H,14-15,18-19,21,24-25,27-48,50,52,54-58H2,1-10H3,(H2,96,100)(H,97,108)(H2,95,98,99)/b13-11?,16-12+,61-17?,65-49+,102-84?/t60-,62-,63-,64-,66-,67+,72+,74+,75-,76-,78+,79+,80-,86-,87+,94-/m1/s1. The Morgan fingerprint density at radius 2 is 1.40 bits per heavy atom. The van der Waals surface area contributed by atoms with Gasteiger partial charge in [0.1, 0.15) is 47.7 Å². The van der Waals surface area contributed by atoms with Crippen LogP contribution in [0.3, 0.4) is 0 Å². The van der Waals surface area contributed by atoms with Crippen LogP contribution in [0.1, 0.15) is 149 Å². The van der Waals surface area contributed by atoms with E-state index >= 15 is 0 Å². The van der Waals surface area contributed by atoms with Crippen LogP contribution in [0.2, 0.25) is 0 Å². The molecule has 9 N–H and O–H groups in total. The average Bonchev–Trinajstić information content (AvgIpc) is 1.61. The number of ether oxygens (including phenoxy) is 13. The molecule has 5 aliphatic rings. The molecule has 1 saturated carbocycles. The molecule has 1 aliphatic carbocycles. The fraction of sp³-hybridized carbons (Fsp3) is 0.660. The Morgan fingerprint density at radius 1 is 0.713 bits per heavy atom. The SMILES string of the molecule is CO[C@H]1C[C@@H]2CC[C@@H](C)[C@@](O)(O2)C(=O)C(=O)N2CCCC[C@H]2C(=O)O[C@H]([C@H](C)C[C@@H]2CC[C@@H](O)[C@H](OC)C2)C[C@@H](O)[C@H](C)/C=C(\C)[C@@H](O)[C@@H](OC)C(=NOCC(=O)NCCOCCOCCOCCOCCOCCOCCOCCOCCC(=O)N2CCc3cc(Cn4nc(-c5ccc6oc(N)nc6c5)c5c(N)ncnc54)ccc3C2)[C@H](C)C[C@H](C)/C=C/C=CC=C1C. The first kappa shape index (κ1) is 103. The van der Waals surface area contributed by atoms with Crippen LogP contribution in [-0.2, 0) is 110 Å². The predicted molar refractivity (Wildman–Crippen MR) is 481 cm³/mol. The summed E-state index contributed by atoms with van der Waals surface area (Å²) in [6.45, 7) is 20.2. The van der Waals surface area contributed by atoms with Gasteiger partial charge in [-0.05, 0) is 148 Å². The summed E-state index contributed by atoms with van der Waals surface area (Å²) in [5.41, 5.74) is 20.3. The van der Waals surface area contributed by atoms with E-state index in [1.165, 1.54) is 23.9 Å². The van der Waals surface area contributed by atoms with Crippen LogP contribution < -0.4 is 16.8 Å². The fourth-order valence-electron chi connectivity index (χ4n) is 17.4. The first-order valence-corrected chi connectivity index (χ1v) is 45.7. The number of methoxy groups -OCH3 is 3. The number of piperidine rings is 1. The van der Waals surface area contributed by atoms with Crippen LogP contribution in [-0.4, -0.2) is 304 Å². The number of ketones is 1. The fourth-order valence-corrected chi connectivity index (χ4v) is 17.4. The first-order valence-electron chi connectivity index (χ1n) is 45.7. The van der Waals surface area contributed by atoms with Crippen LogP contribution in [0, 0.1) is 35.5 Å². The maximum absolute atomic E-state index is 14.7. The van der Waals surface area contributed by atoms with E-state index in [-0.39, 0.29) is 93.7 Å². The summed E-state index contributed by atoms with van der Waals surface area (Å²) in [4.78, 5) is 91.9. The maximum atomic E-state index is 14.7. The number of cyclic esters (lactones) is 1. The van der Waals surface area contributed by atoms with Gasteiger partial charge in [0, 0.05) is 83.7 Å². The van der Waals surface area contributed by atoms with Gasteiger partial charge in [-0.15, -0.1) is 0 Å². The number of hydrogen-bond acceptors (Lipinski definition) is 31. The highest BCUT2D eigenvalue weighted by Gasteiger charge is 2.53. The molecule has 4 aliphatic heterocycles. The number of Topliss-reactive ketones (excluding diaryl/α,β-unsaturated/α-hetero) is 1. The number of aliphatic hydroxyl groups is 4. The van der Waals surface area contributed by atoms with Crippen molar-refractivity contribution in [2.45, 2.75) is 212 Å². The molecule has 0 radical (unpaired) electrons. The van der Waals surface area contributed by atoms with E-state index in [4.69, 9.17) is 87.4 Å². The predicted octanol–water partition coefficient (Wildman–Crippen LogP) is 8.16. The first-order chi connectivity index (χ1) is 62.3. The number of benzene rings is 2. The molecule has 35 nitrogen and oxygen atoms in total. The van der Waals surface area contributed by atoms with Crippen molar-refractivity contribution in [1.29, 1.82) is 0 Å². The van der Waals surface area contributed by atoms with Crippen LogP contribution in [0.15, 0.2) is 99.9 Å². The van der Waals surface area contributed by atoms with Gasteiger partial charge in [0.2, 0.25) is 11.7 Å². The van der Waals surface area contributed by atoms with Gasteiger partial charge in [-0.1, -0.05) is 94.4 Å². The number of aromatic nitrogens is 5. The van der Waals surface area contributed by atoms with Crippen LogP contribution in [0.25, 0.3) is 33.4 Å². The zero-order valence-electron chi connectivity index (χ0n) is 76.8. The Labute approximate surface area is 756 Å². The number of nitrogen functional groups attached to an aromatic ring is 2. The number of nitrogens with zero attached hydrogens (tertiary/aromatic N) is 8. The van der Waals surface area contributed by atoms with Crippen molar-refractivity contribution < 1.29 is 115 Å². The maximum Gasteiger partial charge on any atom is 0.329 e. The number of carbonyl (C=O) groups excluding carboxylic acids is 5. The van der Waals surface area contributed by atoms with Crippen molar-refractivity contribution in [2.24, 2.45) is 40.7 Å². The normalized spacial score (nSPS) is 27.0. The largest absolute Gasteiger partial charge is 0.460 e. The van der Waals surface area contributed by atoms with Crippen molar-refractivity contribution >= 4 is 69.2 Å². The summed E-state index contributed by atoms with van der Waals surface area (Å²) < 4.78 is 82.8. The zero-order chi connectivity index (χ0) is 92.4. The molecule has 3 aromatic heterocycles. The number of esters is 1. The number of fused-ring (bicyclic) bond motifs is 6. The lowest BCUT2D eigenvalue weighted by Crippen LogP contribution is -2.61. The van der Waals surface area contributed by atoms with E-state index in [0.29, 0.717) is 215 Å². The number of nitrogens with one attached hydrogen (secondary N) is 1. The van der Waals surface area contributed by atoms with E-state index in [9.17, 15) is 44.4 Å². The molecule has 35 heteroatoms. The molecule has 10 rings (SSSR count). The molecule has 2 bridgehead atoms. The minimum absolute atomic E-state index is 0.0312. The van der Waals surface area contributed by atoms with Gasteiger partial charge < -0.3 is 118 Å². The number of allylic oxidation sites excluding steroid dienone is 5. The molecule has 2 saturated heterocycles. The molecule has 3 fully saturated rings. The second-order valence-corrected chi connectivity index (χ2v) is 34.5. The monoisotopic (exact) mass is 1810 g/mol. The molecule has 0 spiro atoms. The van der Waals surface area contributed by atoms with Crippen molar-refractivity contribution in [3.63, 3.8) is 0 Å². The topological polar surface area (TPSA) is 448 Å². The van der Waals surface area contributed by atoms with Crippen LogP contribution in [0.5, 0.6) is 0 Å². The van der Waals surface area contributed by atoms with Crippen molar-refractivity contribution in [3.8, 4) is 11.3 Å². The minimum Gasteiger partial charge on any atom is -0.460 e. The summed E-state index contributed by atoms with van der Waals surface area (Å²) in [5, 5.41) is 60.1. The van der Waals surface area contributed by atoms with Gasteiger partial charge >= 0.3 is 5.97 Å². The summed E-state index contributed by atoms with van der Waals surface area (Å²) in [6, 6.07) is 10.8. The Morgan fingerprint density at radius 3 is 2.07 bits per heavy atom. The van der Waals surface area contributed by atoms with E-state index in [1.807, 2.05) is 79.8 Å². The van der Waals surface area contributed by atoms with E-state index in [1.54, 1.807) is 47.1 Å². The third kappa shape index (κ3) is 30.5. The molecule has 2 aromatic carbocycles. The van der Waals surface area contributed by atoms with Crippen LogP contribution >= 0.6 is 0 Å². The highest BCUT2D eigenvalue weighted by Crippen LogP contribution is 2.40. The van der Waals surface area contributed by atoms with Crippen molar-refractivity contribution in [2.75, 3.05) is 165 Å². The summed E-state index contributed by atoms with van der Waals surface area (Å²) >= 11 is 0. The van der Waals surface area contributed by atoms with E-state index in [0.717, 1.165) is 28.7 Å². The zero-order valence-corrected chi connectivity index (χ0v) is 76.8. The third-order valence-corrected chi connectivity index (χ3v) is 24.9.